The number of carboxylic acid groups (broad SMARTS) is 1. The van der Waals surface area contributed by atoms with Crippen molar-refractivity contribution in [3.8, 4) is 0 Å². The van der Waals surface area contributed by atoms with Crippen LogP contribution in [0.4, 0.5) is 4.79 Å². The van der Waals surface area contributed by atoms with Crippen LogP contribution in [0.3, 0.4) is 0 Å². The summed E-state index contributed by atoms with van der Waals surface area (Å²) in [5.74, 6) is -1.04. The molecule has 0 radical (unpaired) electrons. The Morgan fingerprint density at radius 1 is 1.64 bits per heavy atom. The molecule has 1 heterocycles. The summed E-state index contributed by atoms with van der Waals surface area (Å²) in [6.45, 7) is 1.69. The summed E-state index contributed by atoms with van der Waals surface area (Å²) in [7, 11) is 0. The first kappa shape index (κ1) is 10.2. The van der Waals surface area contributed by atoms with E-state index in [1.807, 2.05) is 0 Å². The molecule has 6 heteroatoms. The third-order valence-electron chi connectivity index (χ3n) is 1.74. The highest BCUT2D eigenvalue weighted by Gasteiger charge is 2.17. The van der Waals surface area contributed by atoms with Gasteiger partial charge in [0.2, 0.25) is 0 Å². The molecule has 1 atom stereocenters. The Balaban J connectivity index is 2.60. The minimum Gasteiger partial charge on any atom is -0.480 e. The number of aromatic nitrogens is 2. The number of nitrogens with zero attached hydrogens (tertiary/aromatic N) is 2. The topological polar surface area (TPSA) is 84.2 Å². The van der Waals surface area contributed by atoms with Gasteiger partial charge in [0.15, 0.2) is 0 Å². The van der Waals surface area contributed by atoms with E-state index in [1.165, 1.54) is 23.3 Å². The van der Waals surface area contributed by atoms with Gasteiger partial charge >= 0.3 is 12.0 Å². The molecule has 0 aliphatic carbocycles. The van der Waals surface area contributed by atoms with Gasteiger partial charge < -0.3 is 10.4 Å². The first-order valence-electron chi connectivity index (χ1n) is 4.16. The Kier molecular flexibility index (Phi) is 3.22. The summed E-state index contributed by atoms with van der Waals surface area (Å²) in [6, 6.07) is -1.35. The highest BCUT2D eigenvalue weighted by atomic mass is 16.4. The van der Waals surface area contributed by atoms with Crippen LogP contribution in [0, 0.1) is 0 Å². The fraction of sp³-hybridized carbons (Fsp3) is 0.375. The zero-order valence-corrected chi connectivity index (χ0v) is 7.67. The standard InChI is InChI=1S/C8H11N3O3/c1-2-6(7(12)13)10-8(14)11-4-3-9-5-11/h3-6H,2H2,1H3,(H,10,14)(H,12,13). The molecule has 1 aromatic heterocycles. The number of imidazole rings is 1. The molecule has 1 aromatic rings. The number of nitrogens with one attached hydrogen (secondary N) is 1. The number of hydrogen-bond donors (Lipinski definition) is 2. The van der Waals surface area contributed by atoms with E-state index in [4.69, 9.17) is 5.11 Å². The normalized spacial score (nSPS) is 12.1. The first-order chi connectivity index (χ1) is 6.65. The molecule has 0 saturated carbocycles. The van der Waals surface area contributed by atoms with Gasteiger partial charge in [-0.3, -0.25) is 4.57 Å². The molecular weight excluding hydrogens is 186 g/mol. The lowest BCUT2D eigenvalue weighted by atomic mass is 10.2. The fourth-order valence-electron chi connectivity index (χ4n) is 0.941. The number of aliphatic carboxylic acids is 1. The smallest absolute Gasteiger partial charge is 0.327 e. The fourth-order valence-corrected chi connectivity index (χ4v) is 0.941. The predicted molar refractivity (Wildman–Crippen MR) is 47.9 cm³/mol. The predicted octanol–water partition coefficient (Wildman–Crippen LogP) is 0.304. The van der Waals surface area contributed by atoms with Crippen LogP contribution in [-0.2, 0) is 4.79 Å². The Bertz CT molecular complexity index is 321. The van der Waals surface area contributed by atoms with Crippen molar-refractivity contribution in [2.24, 2.45) is 0 Å². The Labute approximate surface area is 80.6 Å². The molecule has 0 aliphatic heterocycles. The largest absolute Gasteiger partial charge is 0.480 e. The van der Waals surface area contributed by atoms with Gasteiger partial charge in [0.05, 0.1) is 0 Å². The van der Waals surface area contributed by atoms with Gasteiger partial charge in [-0.2, -0.15) is 0 Å². The van der Waals surface area contributed by atoms with E-state index in [9.17, 15) is 9.59 Å². The van der Waals surface area contributed by atoms with Crippen LogP contribution in [-0.4, -0.2) is 32.7 Å². The van der Waals surface area contributed by atoms with Gasteiger partial charge in [0.1, 0.15) is 12.4 Å². The molecule has 0 aliphatic rings. The Morgan fingerprint density at radius 2 is 2.36 bits per heavy atom. The van der Waals surface area contributed by atoms with Crippen molar-refractivity contribution in [3.05, 3.63) is 18.7 Å². The van der Waals surface area contributed by atoms with Gasteiger partial charge in [-0.1, -0.05) is 6.92 Å². The zero-order valence-electron chi connectivity index (χ0n) is 7.67. The molecular formula is C8H11N3O3. The number of amides is 1. The molecule has 1 amide bonds. The number of carboxylic acids is 1. The Hall–Kier alpha value is -1.85. The van der Waals surface area contributed by atoms with E-state index in [0.29, 0.717) is 6.42 Å². The summed E-state index contributed by atoms with van der Waals surface area (Å²) < 4.78 is 1.19. The number of rotatable bonds is 3. The summed E-state index contributed by atoms with van der Waals surface area (Å²) >= 11 is 0. The van der Waals surface area contributed by atoms with Crippen LogP contribution in [0.25, 0.3) is 0 Å². The number of carbonyl (C=O) groups excluding carboxylic acids is 1. The molecule has 0 aromatic carbocycles. The van der Waals surface area contributed by atoms with E-state index in [0.717, 1.165) is 0 Å². The van der Waals surface area contributed by atoms with Crippen molar-refractivity contribution in [2.75, 3.05) is 0 Å². The lowest BCUT2D eigenvalue weighted by Gasteiger charge is -2.11. The van der Waals surface area contributed by atoms with Gasteiger partial charge in [0.25, 0.3) is 0 Å². The molecule has 2 N–H and O–H groups in total. The average molecular weight is 197 g/mol. The van der Waals surface area contributed by atoms with E-state index < -0.39 is 18.0 Å². The SMILES string of the molecule is CCC(NC(=O)n1ccnc1)C(=O)O. The highest BCUT2D eigenvalue weighted by Crippen LogP contribution is 1.93. The maximum absolute atomic E-state index is 11.3. The lowest BCUT2D eigenvalue weighted by molar-refractivity contribution is -0.139. The molecule has 1 unspecified atom stereocenters. The summed E-state index contributed by atoms with van der Waals surface area (Å²) in [6.07, 6.45) is 4.55. The quantitative estimate of drug-likeness (QED) is 0.730. The molecule has 76 valence electrons. The minimum atomic E-state index is -1.04. The molecule has 0 spiro atoms. The molecule has 14 heavy (non-hydrogen) atoms. The van der Waals surface area contributed by atoms with Crippen LogP contribution in [0.5, 0.6) is 0 Å². The van der Waals surface area contributed by atoms with Gasteiger partial charge in [-0.15, -0.1) is 0 Å². The second-order valence-corrected chi connectivity index (χ2v) is 2.72. The average Bonchev–Trinajstić information content (AvgIpc) is 2.65. The van der Waals surface area contributed by atoms with Crippen molar-refractivity contribution < 1.29 is 14.7 Å². The van der Waals surface area contributed by atoms with Gasteiger partial charge in [-0.05, 0) is 6.42 Å². The van der Waals surface area contributed by atoms with Crippen LogP contribution in [0.15, 0.2) is 18.7 Å². The second kappa shape index (κ2) is 4.40. The van der Waals surface area contributed by atoms with Crippen LogP contribution in [0.1, 0.15) is 13.3 Å². The van der Waals surface area contributed by atoms with E-state index in [2.05, 4.69) is 10.3 Å². The molecule has 0 saturated heterocycles. The summed E-state index contributed by atoms with van der Waals surface area (Å²) in [4.78, 5) is 25.6. The summed E-state index contributed by atoms with van der Waals surface area (Å²) in [5.41, 5.74) is 0. The second-order valence-electron chi connectivity index (χ2n) is 2.72. The first-order valence-corrected chi connectivity index (χ1v) is 4.16. The highest BCUT2D eigenvalue weighted by molar-refractivity contribution is 5.83. The number of carbonyl (C=O) groups is 2. The maximum atomic E-state index is 11.3. The van der Waals surface area contributed by atoms with Gasteiger partial charge in [0, 0.05) is 12.4 Å². The monoisotopic (exact) mass is 197 g/mol. The zero-order chi connectivity index (χ0) is 10.6. The molecule has 0 fully saturated rings. The van der Waals surface area contributed by atoms with E-state index >= 15 is 0 Å². The van der Waals surface area contributed by atoms with Crippen molar-refractivity contribution >= 4 is 12.0 Å². The number of hydrogen-bond acceptors (Lipinski definition) is 3. The van der Waals surface area contributed by atoms with Crippen molar-refractivity contribution in [3.63, 3.8) is 0 Å². The third kappa shape index (κ3) is 2.32. The van der Waals surface area contributed by atoms with Gasteiger partial charge in [-0.25, -0.2) is 14.6 Å². The van der Waals surface area contributed by atoms with Crippen LogP contribution in [0.2, 0.25) is 0 Å². The van der Waals surface area contributed by atoms with Crippen molar-refractivity contribution in [1.82, 2.24) is 14.9 Å². The van der Waals surface area contributed by atoms with Crippen LogP contribution < -0.4 is 5.32 Å². The molecule has 1 rings (SSSR count). The molecule has 0 bridgehead atoms. The van der Waals surface area contributed by atoms with Crippen molar-refractivity contribution in [1.29, 1.82) is 0 Å². The summed E-state index contributed by atoms with van der Waals surface area (Å²) in [5, 5.41) is 11.0. The van der Waals surface area contributed by atoms with E-state index in [1.54, 1.807) is 6.92 Å². The third-order valence-corrected chi connectivity index (χ3v) is 1.74. The van der Waals surface area contributed by atoms with Crippen LogP contribution >= 0.6 is 0 Å². The van der Waals surface area contributed by atoms with E-state index in [-0.39, 0.29) is 0 Å². The maximum Gasteiger partial charge on any atom is 0.327 e. The van der Waals surface area contributed by atoms with Crippen molar-refractivity contribution in [2.45, 2.75) is 19.4 Å². The minimum absolute atomic E-state index is 0.343. The lowest BCUT2D eigenvalue weighted by Crippen LogP contribution is -2.42. The molecule has 6 nitrogen and oxygen atoms in total. The Morgan fingerprint density at radius 3 is 2.79 bits per heavy atom.